The SMILES string of the molecule is CCc1ccc([C@H]2c3c(oc4ccccc4c3=O)C(=O)N2c2nc(C)c(C)s2)cc1. The van der Waals surface area contributed by atoms with Gasteiger partial charge in [-0.25, -0.2) is 4.98 Å². The Balaban J connectivity index is 1.79. The minimum absolute atomic E-state index is 0.105. The molecule has 2 aromatic carbocycles. The number of rotatable bonds is 3. The van der Waals surface area contributed by atoms with Gasteiger partial charge in [0.25, 0.3) is 5.91 Å². The van der Waals surface area contributed by atoms with E-state index in [9.17, 15) is 9.59 Å². The maximum atomic E-state index is 13.5. The number of hydrogen-bond acceptors (Lipinski definition) is 5. The van der Waals surface area contributed by atoms with Crippen LogP contribution in [0.15, 0.2) is 57.7 Å². The fourth-order valence-corrected chi connectivity index (χ4v) is 4.86. The second kappa shape index (κ2) is 6.92. The van der Waals surface area contributed by atoms with Gasteiger partial charge in [-0.1, -0.05) is 43.3 Å². The number of aromatic nitrogens is 1. The fourth-order valence-electron chi connectivity index (χ4n) is 3.93. The van der Waals surface area contributed by atoms with Gasteiger partial charge in [-0.3, -0.25) is 14.5 Å². The van der Waals surface area contributed by atoms with E-state index in [1.165, 1.54) is 16.9 Å². The lowest BCUT2D eigenvalue weighted by Crippen LogP contribution is -2.29. The topological polar surface area (TPSA) is 63.4 Å². The molecule has 1 atom stereocenters. The Bertz CT molecular complexity index is 1330. The van der Waals surface area contributed by atoms with Crippen LogP contribution in [-0.4, -0.2) is 10.9 Å². The predicted molar refractivity (Wildman–Crippen MR) is 119 cm³/mol. The van der Waals surface area contributed by atoms with Gasteiger partial charge in [0.1, 0.15) is 5.58 Å². The molecule has 0 radical (unpaired) electrons. The van der Waals surface area contributed by atoms with Crippen molar-refractivity contribution in [3.63, 3.8) is 0 Å². The van der Waals surface area contributed by atoms with Gasteiger partial charge in [-0.05, 0) is 43.5 Å². The molecule has 150 valence electrons. The summed E-state index contributed by atoms with van der Waals surface area (Å²) in [6, 6.07) is 14.5. The molecule has 0 saturated carbocycles. The normalized spacial score (nSPS) is 15.8. The Labute approximate surface area is 177 Å². The van der Waals surface area contributed by atoms with Crippen molar-refractivity contribution in [1.82, 2.24) is 4.98 Å². The summed E-state index contributed by atoms with van der Waals surface area (Å²) in [5, 5.41) is 1.06. The highest BCUT2D eigenvalue weighted by Crippen LogP contribution is 2.42. The molecule has 4 aromatic rings. The van der Waals surface area contributed by atoms with Gasteiger partial charge in [0.05, 0.1) is 22.7 Å². The number of fused-ring (bicyclic) bond motifs is 2. The fraction of sp³-hybridized carbons (Fsp3) is 0.208. The van der Waals surface area contributed by atoms with Crippen LogP contribution < -0.4 is 10.3 Å². The van der Waals surface area contributed by atoms with Gasteiger partial charge in [0, 0.05) is 4.88 Å². The Morgan fingerprint density at radius 2 is 1.80 bits per heavy atom. The van der Waals surface area contributed by atoms with Gasteiger partial charge in [0.15, 0.2) is 10.6 Å². The average molecular weight is 417 g/mol. The lowest BCUT2D eigenvalue weighted by atomic mass is 9.97. The van der Waals surface area contributed by atoms with Crippen LogP contribution in [0, 0.1) is 13.8 Å². The van der Waals surface area contributed by atoms with Crippen molar-refractivity contribution >= 4 is 33.3 Å². The van der Waals surface area contributed by atoms with Gasteiger partial charge in [-0.15, -0.1) is 11.3 Å². The lowest BCUT2D eigenvalue weighted by molar-refractivity contribution is 0.0971. The zero-order chi connectivity index (χ0) is 21.0. The van der Waals surface area contributed by atoms with Crippen LogP contribution in [0.3, 0.4) is 0 Å². The second-order valence-corrected chi connectivity index (χ2v) is 8.66. The van der Waals surface area contributed by atoms with Crippen molar-refractivity contribution in [3.05, 3.63) is 91.8 Å². The summed E-state index contributed by atoms with van der Waals surface area (Å²) in [5.41, 5.74) is 3.57. The summed E-state index contributed by atoms with van der Waals surface area (Å²) >= 11 is 1.45. The molecule has 0 bridgehead atoms. The molecule has 0 spiro atoms. The molecule has 0 saturated heterocycles. The average Bonchev–Trinajstić information content (AvgIpc) is 3.24. The molecule has 1 amide bonds. The molecule has 0 N–H and O–H groups in total. The van der Waals surface area contributed by atoms with Crippen molar-refractivity contribution in [2.24, 2.45) is 0 Å². The standard InChI is InChI=1S/C24H20N2O3S/c1-4-15-9-11-16(12-10-15)20-19-21(27)17-7-5-6-8-18(17)29-22(19)23(28)26(20)24-25-13(2)14(3)30-24/h5-12,20H,4H2,1-3H3/t20-/m0/s1. The third-order valence-corrected chi connectivity index (χ3v) is 6.78. The highest BCUT2D eigenvalue weighted by molar-refractivity contribution is 7.15. The maximum Gasteiger partial charge on any atom is 0.297 e. The smallest absolute Gasteiger partial charge is 0.297 e. The molecule has 5 nitrogen and oxygen atoms in total. The van der Waals surface area contributed by atoms with Crippen LogP contribution in [0.2, 0.25) is 0 Å². The number of benzene rings is 2. The van der Waals surface area contributed by atoms with E-state index < -0.39 is 6.04 Å². The predicted octanol–water partition coefficient (Wildman–Crippen LogP) is 5.18. The molecular weight excluding hydrogens is 396 g/mol. The van der Waals surface area contributed by atoms with E-state index in [1.54, 1.807) is 29.2 Å². The Hall–Kier alpha value is -3.25. The number of anilines is 1. The van der Waals surface area contributed by atoms with E-state index in [0.717, 1.165) is 22.6 Å². The van der Waals surface area contributed by atoms with Crippen molar-refractivity contribution in [2.45, 2.75) is 33.2 Å². The van der Waals surface area contributed by atoms with E-state index in [2.05, 4.69) is 11.9 Å². The van der Waals surface area contributed by atoms with Crippen LogP contribution in [0.5, 0.6) is 0 Å². The number of carbonyl (C=O) groups is 1. The van der Waals surface area contributed by atoms with Crippen LogP contribution in [0.4, 0.5) is 5.13 Å². The molecule has 3 heterocycles. The molecule has 0 aliphatic carbocycles. The zero-order valence-electron chi connectivity index (χ0n) is 16.9. The van der Waals surface area contributed by atoms with Gasteiger partial charge >= 0.3 is 0 Å². The Morgan fingerprint density at radius 1 is 1.07 bits per heavy atom. The number of hydrogen-bond donors (Lipinski definition) is 0. The third kappa shape index (κ3) is 2.71. The van der Waals surface area contributed by atoms with Crippen LogP contribution in [0.25, 0.3) is 11.0 Å². The van der Waals surface area contributed by atoms with Crippen molar-refractivity contribution in [3.8, 4) is 0 Å². The monoisotopic (exact) mass is 416 g/mol. The molecule has 5 rings (SSSR count). The number of para-hydroxylation sites is 1. The Morgan fingerprint density at radius 3 is 2.47 bits per heavy atom. The maximum absolute atomic E-state index is 13.5. The van der Waals surface area contributed by atoms with E-state index in [4.69, 9.17) is 4.42 Å². The van der Waals surface area contributed by atoms with Crippen molar-refractivity contribution < 1.29 is 9.21 Å². The van der Waals surface area contributed by atoms with E-state index >= 15 is 0 Å². The van der Waals surface area contributed by atoms with Gasteiger partial charge in [-0.2, -0.15) is 0 Å². The first kappa shape index (κ1) is 18.8. The molecular formula is C24H20N2O3S. The molecule has 1 aliphatic rings. The lowest BCUT2D eigenvalue weighted by Gasteiger charge is -2.22. The van der Waals surface area contributed by atoms with Crippen LogP contribution in [0.1, 0.15) is 50.8 Å². The molecule has 0 fully saturated rings. The minimum Gasteiger partial charge on any atom is -0.450 e. The van der Waals surface area contributed by atoms with Gasteiger partial charge in [0.2, 0.25) is 5.76 Å². The number of amides is 1. The summed E-state index contributed by atoms with van der Waals surface area (Å²) in [6.07, 6.45) is 0.918. The molecule has 6 heteroatoms. The summed E-state index contributed by atoms with van der Waals surface area (Å²) in [7, 11) is 0. The van der Waals surface area contributed by atoms with E-state index in [-0.39, 0.29) is 17.1 Å². The summed E-state index contributed by atoms with van der Waals surface area (Å²) in [6.45, 7) is 6.00. The number of thiazole rings is 1. The summed E-state index contributed by atoms with van der Waals surface area (Å²) < 4.78 is 5.97. The minimum atomic E-state index is -0.566. The number of carbonyl (C=O) groups excluding carboxylic acids is 1. The largest absolute Gasteiger partial charge is 0.450 e. The Kier molecular flexibility index (Phi) is 4.33. The number of nitrogens with zero attached hydrogens (tertiary/aromatic N) is 2. The zero-order valence-corrected chi connectivity index (χ0v) is 17.7. The van der Waals surface area contributed by atoms with Crippen LogP contribution in [-0.2, 0) is 6.42 Å². The van der Waals surface area contributed by atoms with Crippen molar-refractivity contribution in [1.29, 1.82) is 0 Å². The first-order valence-corrected chi connectivity index (χ1v) is 10.7. The quantitative estimate of drug-likeness (QED) is 0.462. The molecule has 30 heavy (non-hydrogen) atoms. The second-order valence-electron chi connectivity index (χ2n) is 7.48. The van der Waals surface area contributed by atoms with Crippen LogP contribution >= 0.6 is 11.3 Å². The molecule has 1 aliphatic heterocycles. The summed E-state index contributed by atoms with van der Waals surface area (Å²) in [4.78, 5) is 34.2. The van der Waals surface area contributed by atoms with E-state index in [1.807, 2.05) is 38.1 Å². The van der Waals surface area contributed by atoms with Crippen molar-refractivity contribution in [2.75, 3.05) is 4.90 Å². The molecule has 0 unspecified atom stereocenters. The number of aryl methyl sites for hydroxylation is 3. The van der Waals surface area contributed by atoms with E-state index in [0.29, 0.717) is 21.7 Å². The highest BCUT2D eigenvalue weighted by Gasteiger charge is 2.44. The molecule has 2 aromatic heterocycles. The third-order valence-electron chi connectivity index (χ3n) is 5.70. The first-order chi connectivity index (χ1) is 14.5. The first-order valence-electron chi connectivity index (χ1n) is 9.91. The summed E-state index contributed by atoms with van der Waals surface area (Å²) in [5.74, 6) is -0.222. The van der Waals surface area contributed by atoms with Gasteiger partial charge < -0.3 is 4.42 Å². The highest BCUT2D eigenvalue weighted by atomic mass is 32.1.